The standard InChI is InChI=1S/C20H28O4/c1-16(7-5-12-20(2,3)22)11-14-24-18-10-9-17(8-6-13-21)15-19(18)23-4/h5-6,8-12,15,21-22H,7,13-14H2,1-4H3/b8-6+,12-5+,16-11+. The van der Waals surface area contributed by atoms with Crippen LogP contribution in [0, 0.1) is 0 Å². The largest absolute Gasteiger partial charge is 0.493 e. The van der Waals surface area contributed by atoms with Crippen LogP contribution in [0.4, 0.5) is 0 Å². The number of aliphatic hydroxyl groups excluding tert-OH is 1. The van der Waals surface area contributed by atoms with Gasteiger partial charge in [0.15, 0.2) is 11.5 Å². The van der Waals surface area contributed by atoms with Gasteiger partial charge >= 0.3 is 0 Å². The van der Waals surface area contributed by atoms with E-state index in [1.807, 2.05) is 43.4 Å². The Morgan fingerprint density at radius 3 is 2.58 bits per heavy atom. The summed E-state index contributed by atoms with van der Waals surface area (Å²) in [5, 5.41) is 18.4. The molecule has 0 spiro atoms. The molecule has 1 rings (SSSR count). The molecule has 24 heavy (non-hydrogen) atoms. The maximum absolute atomic E-state index is 9.63. The molecule has 0 aliphatic carbocycles. The lowest BCUT2D eigenvalue weighted by molar-refractivity contribution is 0.133. The van der Waals surface area contributed by atoms with Crippen LogP contribution in [0.15, 0.2) is 48.1 Å². The lowest BCUT2D eigenvalue weighted by atomic mass is 10.1. The minimum Gasteiger partial charge on any atom is -0.493 e. The predicted octanol–water partition coefficient (Wildman–Crippen LogP) is 3.74. The summed E-state index contributed by atoms with van der Waals surface area (Å²) >= 11 is 0. The zero-order valence-electron chi connectivity index (χ0n) is 15.0. The Bertz CT molecular complexity index is 592. The van der Waals surface area contributed by atoms with E-state index in [-0.39, 0.29) is 6.61 Å². The van der Waals surface area contributed by atoms with Gasteiger partial charge in [-0.25, -0.2) is 0 Å². The quantitative estimate of drug-likeness (QED) is 0.676. The van der Waals surface area contributed by atoms with Gasteiger partial charge in [-0.05, 0) is 51.0 Å². The molecule has 1 aromatic rings. The Kier molecular flexibility index (Phi) is 8.30. The van der Waals surface area contributed by atoms with Gasteiger partial charge in [-0.15, -0.1) is 0 Å². The molecule has 0 aromatic heterocycles. The fourth-order valence-corrected chi connectivity index (χ4v) is 1.99. The zero-order valence-corrected chi connectivity index (χ0v) is 15.0. The summed E-state index contributed by atoms with van der Waals surface area (Å²) in [6.07, 6.45) is 10.0. The minimum absolute atomic E-state index is 0.00650. The molecular weight excluding hydrogens is 304 g/mol. The van der Waals surface area contributed by atoms with Gasteiger partial charge in [0.2, 0.25) is 0 Å². The third-order valence-corrected chi connectivity index (χ3v) is 3.24. The second-order valence-corrected chi connectivity index (χ2v) is 6.12. The van der Waals surface area contributed by atoms with Crippen LogP contribution in [0.2, 0.25) is 0 Å². The Morgan fingerprint density at radius 1 is 1.21 bits per heavy atom. The molecule has 0 amide bonds. The zero-order chi connectivity index (χ0) is 18.0. The molecule has 0 unspecified atom stereocenters. The summed E-state index contributed by atoms with van der Waals surface area (Å²) in [6, 6.07) is 5.63. The van der Waals surface area contributed by atoms with E-state index >= 15 is 0 Å². The number of hydrogen-bond acceptors (Lipinski definition) is 4. The molecule has 0 aliphatic heterocycles. The smallest absolute Gasteiger partial charge is 0.161 e. The number of ether oxygens (including phenoxy) is 2. The second-order valence-electron chi connectivity index (χ2n) is 6.12. The molecule has 2 N–H and O–H groups in total. The third-order valence-electron chi connectivity index (χ3n) is 3.24. The van der Waals surface area contributed by atoms with Crippen molar-refractivity contribution in [2.45, 2.75) is 32.8 Å². The highest BCUT2D eigenvalue weighted by atomic mass is 16.5. The number of aliphatic hydroxyl groups is 2. The van der Waals surface area contributed by atoms with Crippen LogP contribution in [0.3, 0.4) is 0 Å². The SMILES string of the molecule is COc1cc(/C=C/CO)ccc1OC/C=C(\C)C/C=C/C(C)(C)O. The van der Waals surface area contributed by atoms with Crippen LogP contribution in [-0.4, -0.2) is 36.1 Å². The summed E-state index contributed by atoms with van der Waals surface area (Å²) in [5.74, 6) is 1.33. The number of hydrogen-bond donors (Lipinski definition) is 2. The molecule has 4 nitrogen and oxygen atoms in total. The fraction of sp³-hybridized carbons (Fsp3) is 0.400. The molecule has 0 radical (unpaired) electrons. The van der Waals surface area contributed by atoms with Gasteiger partial charge < -0.3 is 19.7 Å². The number of benzene rings is 1. The first-order valence-electron chi connectivity index (χ1n) is 7.99. The Labute approximate surface area is 144 Å². The highest BCUT2D eigenvalue weighted by Gasteiger charge is 2.05. The van der Waals surface area contributed by atoms with Gasteiger partial charge in [0.1, 0.15) is 6.61 Å². The van der Waals surface area contributed by atoms with E-state index in [1.54, 1.807) is 33.1 Å². The highest BCUT2D eigenvalue weighted by Crippen LogP contribution is 2.28. The van der Waals surface area contributed by atoms with E-state index in [2.05, 4.69) is 0 Å². The lowest BCUT2D eigenvalue weighted by Gasteiger charge is -2.11. The molecule has 4 heteroatoms. The summed E-state index contributed by atoms with van der Waals surface area (Å²) < 4.78 is 11.1. The van der Waals surface area contributed by atoms with E-state index in [1.165, 1.54) is 0 Å². The van der Waals surface area contributed by atoms with Crippen LogP contribution in [0.1, 0.15) is 32.8 Å². The first kappa shape index (κ1) is 20.0. The summed E-state index contributed by atoms with van der Waals surface area (Å²) in [5.41, 5.74) is 1.32. The van der Waals surface area contributed by atoms with Crippen molar-refractivity contribution < 1.29 is 19.7 Å². The van der Waals surface area contributed by atoms with Crippen molar-refractivity contribution in [3.8, 4) is 11.5 Å². The van der Waals surface area contributed by atoms with E-state index < -0.39 is 5.60 Å². The summed E-state index contributed by atoms with van der Waals surface area (Å²) in [6.45, 7) is 5.98. The third kappa shape index (κ3) is 7.99. The van der Waals surface area contributed by atoms with Crippen molar-refractivity contribution in [3.05, 3.63) is 53.6 Å². The van der Waals surface area contributed by atoms with E-state index in [0.29, 0.717) is 18.1 Å². The number of methoxy groups -OCH3 is 1. The van der Waals surface area contributed by atoms with Gasteiger partial charge in [0.05, 0.1) is 19.3 Å². The number of allylic oxidation sites excluding steroid dienone is 2. The predicted molar refractivity (Wildman–Crippen MR) is 98.4 cm³/mol. The van der Waals surface area contributed by atoms with E-state index in [4.69, 9.17) is 14.6 Å². The van der Waals surface area contributed by atoms with Crippen molar-refractivity contribution in [2.75, 3.05) is 20.3 Å². The highest BCUT2D eigenvalue weighted by molar-refractivity contribution is 5.55. The van der Waals surface area contributed by atoms with Crippen molar-refractivity contribution in [1.82, 2.24) is 0 Å². The molecule has 0 bridgehead atoms. The van der Waals surface area contributed by atoms with Gasteiger partial charge in [0.25, 0.3) is 0 Å². The molecule has 0 aliphatic rings. The van der Waals surface area contributed by atoms with Crippen LogP contribution >= 0.6 is 0 Å². The average Bonchev–Trinajstić information content (AvgIpc) is 2.52. The van der Waals surface area contributed by atoms with Crippen molar-refractivity contribution in [1.29, 1.82) is 0 Å². The summed E-state index contributed by atoms with van der Waals surface area (Å²) in [7, 11) is 1.60. The molecule has 0 atom stereocenters. The number of rotatable bonds is 9. The second kappa shape index (κ2) is 9.96. The topological polar surface area (TPSA) is 58.9 Å². The van der Waals surface area contributed by atoms with Crippen LogP contribution in [0.25, 0.3) is 6.08 Å². The van der Waals surface area contributed by atoms with Gasteiger partial charge in [0, 0.05) is 0 Å². The van der Waals surface area contributed by atoms with Crippen molar-refractivity contribution in [3.63, 3.8) is 0 Å². The lowest BCUT2D eigenvalue weighted by Crippen LogP contribution is -2.13. The average molecular weight is 332 g/mol. The monoisotopic (exact) mass is 332 g/mol. The molecule has 132 valence electrons. The first-order valence-corrected chi connectivity index (χ1v) is 7.99. The molecule has 0 saturated heterocycles. The van der Waals surface area contributed by atoms with Gasteiger partial charge in [-0.2, -0.15) is 0 Å². The molecule has 0 heterocycles. The molecule has 1 aromatic carbocycles. The van der Waals surface area contributed by atoms with Crippen molar-refractivity contribution >= 4 is 6.08 Å². The molecule has 0 saturated carbocycles. The van der Waals surface area contributed by atoms with Crippen molar-refractivity contribution in [2.24, 2.45) is 0 Å². The van der Waals surface area contributed by atoms with Gasteiger partial charge in [-0.3, -0.25) is 0 Å². The van der Waals surface area contributed by atoms with Gasteiger partial charge in [-0.1, -0.05) is 35.9 Å². The maximum Gasteiger partial charge on any atom is 0.161 e. The fourth-order valence-electron chi connectivity index (χ4n) is 1.99. The van der Waals surface area contributed by atoms with Crippen LogP contribution in [0.5, 0.6) is 11.5 Å². The van der Waals surface area contributed by atoms with E-state index in [0.717, 1.165) is 17.6 Å². The first-order chi connectivity index (χ1) is 11.4. The Morgan fingerprint density at radius 2 is 1.96 bits per heavy atom. The normalized spacial score (nSPS) is 13.0. The Hall–Kier alpha value is -2.04. The van der Waals surface area contributed by atoms with E-state index in [9.17, 15) is 5.11 Å². The van der Waals surface area contributed by atoms with Crippen LogP contribution < -0.4 is 9.47 Å². The summed E-state index contributed by atoms with van der Waals surface area (Å²) in [4.78, 5) is 0. The minimum atomic E-state index is -0.781. The maximum atomic E-state index is 9.63. The molecular formula is C20H28O4. The molecule has 0 fully saturated rings. The Balaban J connectivity index is 2.62. The van der Waals surface area contributed by atoms with Crippen LogP contribution in [-0.2, 0) is 0 Å².